The van der Waals surface area contributed by atoms with E-state index in [0.29, 0.717) is 31.0 Å². The summed E-state index contributed by atoms with van der Waals surface area (Å²) in [6.07, 6.45) is 2.89. The lowest BCUT2D eigenvalue weighted by Crippen LogP contribution is -2.45. The number of nitrogens with two attached hydrogens (primary N) is 1. The molecule has 35 heavy (non-hydrogen) atoms. The van der Waals surface area contributed by atoms with E-state index in [1.54, 1.807) is 11.0 Å². The van der Waals surface area contributed by atoms with Gasteiger partial charge in [-0.2, -0.15) is 4.52 Å². The van der Waals surface area contributed by atoms with Gasteiger partial charge in [0, 0.05) is 36.8 Å². The molecular weight excluding hydrogens is 460 g/mol. The van der Waals surface area contributed by atoms with Crippen molar-refractivity contribution in [2.75, 3.05) is 26.5 Å². The highest BCUT2D eigenvalue weighted by atomic mass is 19.1. The van der Waals surface area contributed by atoms with Crippen molar-refractivity contribution in [2.24, 2.45) is 0 Å². The maximum atomic E-state index is 14.3. The standard InChI is InChI=1S/C23H23F2N7O3/c1-11-4-5-12(10-31(11)22(33)18-19(35-3)16(34-2)6-7-27-18)20-29-21-14-8-13(24)9-15(25)17(14)28-23(26)32(21)30-20/h6-9,11-12H,4-5,10H2,1-3H3,(H2,26,28)/t11-,12?/m0/s1. The third kappa shape index (κ3) is 3.74. The number of hydrogen-bond acceptors (Lipinski definition) is 8. The van der Waals surface area contributed by atoms with Crippen molar-refractivity contribution in [2.45, 2.75) is 31.7 Å². The number of carbonyl (C=O) groups excluding carboxylic acids is 1. The van der Waals surface area contributed by atoms with Crippen molar-refractivity contribution in [3.05, 3.63) is 47.5 Å². The zero-order chi connectivity index (χ0) is 24.9. The average Bonchev–Trinajstić information content (AvgIpc) is 3.31. The van der Waals surface area contributed by atoms with Crippen LogP contribution in [0.3, 0.4) is 0 Å². The number of fused-ring (bicyclic) bond motifs is 3. The third-order valence-electron chi connectivity index (χ3n) is 6.34. The van der Waals surface area contributed by atoms with Gasteiger partial charge in [0.1, 0.15) is 11.3 Å². The van der Waals surface area contributed by atoms with Crippen molar-refractivity contribution in [1.29, 1.82) is 0 Å². The number of anilines is 1. The molecule has 1 amide bonds. The number of rotatable bonds is 4. The van der Waals surface area contributed by atoms with Gasteiger partial charge >= 0.3 is 0 Å². The Morgan fingerprint density at radius 2 is 1.97 bits per heavy atom. The molecule has 0 saturated carbocycles. The van der Waals surface area contributed by atoms with Crippen LogP contribution in [0.2, 0.25) is 0 Å². The van der Waals surface area contributed by atoms with Crippen molar-refractivity contribution in [3.63, 3.8) is 0 Å². The zero-order valence-corrected chi connectivity index (χ0v) is 19.3. The SMILES string of the molecule is COc1ccnc(C(=O)N2CC(c3nc4c5cc(F)cc(F)c5nc(N)n4n3)CC[C@@H]2C)c1OC. The Morgan fingerprint density at radius 3 is 2.71 bits per heavy atom. The largest absolute Gasteiger partial charge is 0.493 e. The highest BCUT2D eigenvalue weighted by Crippen LogP contribution is 2.34. The van der Waals surface area contributed by atoms with Crippen molar-refractivity contribution in [1.82, 2.24) is 29.5 Å². The van der Waals surface area contributed by atoms with Gasteiger partial charge in [-0.25, -0.2) is 23.7 Å². The lowest BCUT2D eigenvalue weighted by molar-refractivity contribution is 0.0595. The number of piperidine rings is 1. The van der Waals surface area contributed by atoms with E-state index >= 15 is 0 Å². The van der Waals surface area contributed by atoms with E-state index in [1.165, 1.54) is 24.9 Å². The van der Waals surface area contributed by atoms with Crippen LogP contribution < -0.4 is 15.2 Å². The number of likely N-dealkylation sites (tertiary alicyclic amines) is 1. The minimum Gasteiger partial charge on any atom is -0.493 e. The Kier molecular flexibility index (Phi) is 5.58. The first-order valence-electron chi connectivity index (χ1n) is 11.0. The summed E-state index contributed by atoms with van der Waals surface area (Å²) < 4.78 is 40.2. The van der Waals surface area contributed by atoms with Gasteiger partial charge in [-0.3, -0.25) is 4.79 Å². The van der Waals surface area contributed by atoms with E-state index in [0.717, 1.165) is 12.1 Å². The van der Waals surface area contributed by atoms with Crippen LogP contribution in [0.5, 0.6) is 11.5 Å². The number of amides is 1. The fourth-order valence-electron chi connectivity index (χ4n) is 4.52. The molecule has 1 fully saturated rings. The van der Waals surface area contributed by atoms with Crippen LogP contribution in [-0.4, -0.2) is 62.2 Å². The molecular formula is C23H23F2N7O3. The molecule has 5 rings (SSSR count). The Labute approximate surface area is 198 Å². The van der Waals surface area contributed by atoms with Gasteiger partial charge in [-0.1, -0.05) is 0 Å². The molecule has 2 N–H and O–H groups in total. The summed E-state index contributed by atoms with van der Waals surface area (Å²) in [6.45, 7) is 2.27. The lowest BCUT2D eigenvalue weighted by atomic mass is 9.92. The van der Waals surface area contributed by atoms with E-state index in [4.69, 9.17) is 15.2 Å². The smallest absolute Gasteiger partial charge is 0.276 e. The molecule has 0 radical (unpaired) electrons. The summed E-state index contributed by atoms with van der Waals surface area (Å²) in [5.41, 5.74) is 6.26. The maximum absolute atomic E-state index is 14.3. The topological polar surface area (TPSA) is 121 Å². The maximum Gasteiger partial charge on any atom is 0.276 e. The second-order valence-electron chi connectivity index (χ2n) is 8.44. The second-order valence-corrected chi connectivity index (χ2v) is 8.44. The monoisotopic (exact) mass is 483 g/mol. The zero-order valence-electron chi connectivity index (χ0n) is 19.3. The second kappa shape index (κ2) is 8.60. The van der Waals surface area contributed by atoms with Gasteiger partial charge in [0.2, 0.25) is 5.95 Å². The molecule has 0 spiro atoms. The van der Waals surface area contributed by atoms with E-state index in [-0.39, 0.29) is 51.8 Å². The fraction of sp³-hybridized carbons (Fsp3) is 0.348. The third-order valence-corrected chi connectivity index (χ3v) is 6.34. The number of benzene rings is 1. The predicted octanol–water partition coefficient (Wildman–Crippen LogP) is 2.96. The molecule has 3 aromatic heterocycles. The number of halogens is 2. The summed E-state index contributed by atoms with van der Waals surface area (Å²) in [5.74, 6) is -1.13. The highest BCUT2D eigenvalue weighted by Gasteiger charge is 2.35. The van der Waals surface area contributed by atoms with E-state index < -0.39 is 11.6 Å². The van der Waals surface area contributed by atoms with Gasteiger partial charge in [0.05, 0.1) is 19.6 Å². The molecule has 0 bridgehead atoms. The van der Waals surface area contributed by atoms with Crippen LogP contribution in [0.25, 0.3) is 16.6 Å². The summed E-state index contributed by atoms with van der Waals surface area (Å²) in [6, 6.07) is 3.45. The van der Waals surface area contributed by atoms with Gasteiger partial charge in [0.25, 0.3) is 5.91 Å². The molecule has 4 heterocycles. The quantitative estimate of drug-likeness (QED) is 0.470. The van der Waals surface area contributed by atoms with Crippen LogP contribution in [0.1, 0.15) is 42.0 Å². The van der Waals surface area contributed by atoms with Crippen molar-refractivity contribution >= 4 is 28.4 Å². The predicted molar refractivity (Wildman–Crippen MR) is 122 cm³/mol. The average molecular weight is 483 g/mol. The van der Waals surface area contributed by atoms with Crippen LogP contribution >= 0.6 is 0 Å². The molecule has 2 atom stereocenters. The number of carbonyl (C=O) groups is 1. The summed E-state index contributed by atoms with van der Waals surface area (Å²) in [7, 11) is 2.94. The number of nitrogen functional groups attached to an aromatic ring is 1. The Balaban J connectivity index is 1.52. The number of aromatic nitrogens is 5. The molecule has 4 aromatic rings. The molecule has 0 aliphatic carbocycles. The van der Waals surface area contributed by atoms with E-state index in [1.807, 2.05) is 6.92 Å². The highest BCUT2D eigenvalue weighted by molar-refractivity contribution is 5.96. The van der Waals surface area contributed by atoms with Crippen LogP contribution in [-0.2, 0) is 0 Å². The normalized spacial score (nSPS) is 18.3. The van der Waals surface area contributed by atoms with Crippen molar-refractivity contribution in [3.8, 4) is 11.5 Å². The van der Waals surface area contributed by atoms with Crippen LogP contribution in [0.15, 0.2) is 24.4 Å². The molecule has 1 aliphatic rings. The first-order valence-corrected chi connectivity index (χ1v) is 11.0. The minimum absolute atomic E-state index is 0.0655. The Hall–Kier alpha value is -4.09. The summed E-state index contributed by atoms with van der Waals surface area (Å²) in [5, 5.41) is 4.64. The lowest BCUT2D eigenvalue weighted by Gasteiger charge is -2.37. The van der Waals surface area contributed by atoms with Crippen LogP contribution in [0.4, 0.5) is 14.7 Å². The Bertz CT molecular complexity index is 1460. The number of pyridine rings is 1. The molecule has 1 aromatic carbocycles. The van der Waals surface area contributed by atoms with Gasteiger partial charge in [-0.05, 0) is 25.8 Å². The molecule has 10 nitrogen and oxygen atoms in total. The molecule has 1 unspecified atom stereocenters. The van der Waals surface area contributed by atoms with Gasteiger partial charge < -0.3 is 20.1 Å². The van der Waals surface area contributed by atoms with Gasteiger partial charge in [-0.15, -0.1) is 5.10 Å². The number of methoxy groups -OCH3 is 2. The van der Waals surface area contributed by atoms with E-state index in [9.17, 15) is 13.6 Å². The molecule has 12 heteroatoms. The first kappa shape index (κ1) is 22.7. The van der Waals surface area contributed by atoms with Crippen LogP contribution in [0, 0.1) is 11.6 Å². The number of ether oxygens (including phenoxy) is 2. The minimum atomic E-state index is -0.832. The Morgan fingerprint density at radius 1 is 1.17 bits per heavy atom. The fourth-order valence-corrected chi connectivity index (χ4v) is 4.52. The van der Waals surface area contributed by atoms with Gasteiger partial charge in [0.15, 0.2) is 34.5 Å². The first-order chi connectivity index (χ1) is 16.8. The molecule has 182 valence electrons. The summed E-state index contributed by atoms with van der Waals surface area (Å²) in [4.78, 5) is 28.0. The molecule has 1 aliphatic heterocycles. The number of hydrogen-bond donors (Lipinski definition) is 1. The molecule has 1 saturated heterocycles. The van der Waals surface area contributed by atoms with Crippen molar-refractivity contribution < 1.29 is 23.0 Å². The summed E-state index contributed by atoms with van der Waals surface area (Å²) >= 11 is 0. The van der Waals surface area contributed by atoms with E-state index in [2.05, 4.69) is 20.1 Å². The number of nitrogens with zero attached hydrogens (tertiary/aromatic N) is 6.